The zero-order valence-corrected chi connectivity index (χ0v) is 15.0. The molecule has 0 bridgehead atoms. The van der Waals surface area contributed by atoms with Gasteiger partial charge in [-0.05, 0) is 6.92 Å². The SMILES string of the molecule is Cc1[nH]c(=O)sc1S(=O)(=O)N1CCN(c2cn[nH]c(=O)c2Cl)CC1. The van der Waals surface area contributed by atoms with Crippen LogP contribution in [0.1, 0.15) is 5.69 Å². The summed E-state index contributed by atoms with van der Waals surface area (Å²) in [6.45, 7) is 2.72. The van der Waals surface area contributed by atoms with Gasteiger partial charge in [-0.25, -0.2) is 13.5 Å². The number of nitrogens with zero attached hydrogens (tertiary/aromatic N) is 3. The standard InChI is InChI=1S/C12H14ClN5O4S2/c1-7-11(23-12(20)15-7)24(21,22)18-4-2-17(3-5-18)8-6-14-16-10(19)9(8)13/h6H,2-5H2,1H3,(H,15,20)(H,16,19). The fourth-order valence-electron chi connectivity index (χ4n) is 2.52. The lowest BCUT2D eigenvalue weighted by atomic mass is 10.3. The molecule has 0 amide bonds. The van der Waals surface area contributed by atoms with Crippen LogP contribution in [-0.2, 0) is 10.0 Å². The highest BCUT2D eigenvalue weighted by molar-refractivity contribution is 7.91. The number of rotatable bonds is 3. The zero-order chi connectivity index (χ0) is 17.5. The molecule has 0 radical (unpaired) electrons. The van der Waals surface area contributed by atoms with E-state index < -0.39 is 20.5 Å². The molecule has 1 aliphatic heterocycles. The lowest BCUT2D eigenvalue weighted by Crippen LogP contribution is -2.49. The minimum atomic E-state index is -3.72. The van der Waals surface area contributed by atoms with Crippen LogP contribution in [0, 0.1) is 6.92 Å². The monoisotopic (exact) mass is 391 g/mol. The molecule has 0 aliphatic carbocycles. The first-order valence-corrected chi connectivity index (χ1v) is 9.62. The molecule has 3 heterocycles. The molecule has 0 atom stereocenters. The smallest absolute Gasteiger partial charge is 0.305 e. The number of nitrogens with one attached hydrogen (secondary N) is 2. The summed E-state index contributed by atoms with van der Waals surface area (Å²) in [5.74, 6) is 0. The Morgan fingerprint density at radius 2 is 1.92 bits per heavy atom. The van der Waals surface area contributed by atoms with Crippen molar-refractivity contribution < 1.29 is 8.42 Å². The summed E-state index contributed by atoms with van der Waals surface area (Å²) in [5.41, 5.74) is 0.325. The highest BCUT2D eigenvalue weighted by atomic mass is 35.5. The van der Waals surface area contributed by atoms with Crippen LogP contribution in [0.25, 0.3) is 0 Å². The van der Waals surface area contributed by atoms with Gasteiger partial charge in [-0.2, -0.15) is 9.40 Å². The van der Waals surface area contributed by atoms with Crippen molar-refractivity contribution in [2.45, 2.75) is 11.1 Å². The molecule has 2 N–H and O–H groups in total. The first-order chi connectivity index (χ1) is 11.3. The summed E-state index contributed by atoms with van der Waals surface area (Å²) in [6, 6.07) is 0. The molecule has 0 saturated carbocycles. The Bertz CT molecular complexity index is 972. The van der Waals surface area contributed by atoms with Crippen molar-refractivity contribution >= 4 is 38.6 Å². The number of aryl methyl sites for hydroxylation is 1. The van der Waals surface area contributed by atoms with Crippen molar-refractivity contribution in [3.63, 3.8) is 0 Å². The molecule has 24 heavy (non-hydrogen) atoms. The van der Waals surface area contributed by atoms with E-state index in [0.29, 0.717) is 35.8 Å². The molecule has 3 rings (SSSR count). The number of hydrogen-bond acceptors (Lipinski definition) is 7. The fraction of sp³-hybridized carbons (Fsp3) is 0.417. The van der Waals surface area contributed by atoms with Gasteiger partial charge in [0.15, 0.2) is 4.21 Å². The lowest BCUT2D eigenvalue weighted by molar-refractivity contribution is 0.385. The van der Waals surface area contributed by atoms with E-state index >= 15 is 0 Å². The van der Waals surface area contributed by atoms with E-state index in [1.54, 1.807) is 6.92 Å². The quantitative estimate of drug-likeness (QED) is 0.759. The van der Waals surface area contributed by atoms with Crippen molar-refractivity contribution in [2.24, 2.45) is 0 Å². The van der Waals surface area contributed by atoms with E-state index in [9.17, 15) is 18.0 Å². The Kier molecular flexibility index (Phi) is 4.51. The van der Waals surface area contributed by atoms with Crippen LogP contribution < -0.4 is 15.3 Å². The van der Waals surface area contributed by atoms with Crippen LogP contribution in [0.5, 0.6) is 0 Å². The van der Waals surface area contributed by atoms with Crippen LogP contribution in [-0.4, -0.2) is 54.1 Å². The molecule has 1 fully saturated rings. The first-order valence-electron chi connectivity index (χ1n) is 6.98. The zero-order valence-electron chi connectivity index (χ0n) is 12.6. The Morgan fingerprint density at radius 1 is 1.25 bits per heavy atom. The molecule has 0 aromatic carbocycles. The lowest BCUT2D eigenvalue weighted by Gasteiger charge is -2.35. The van der Waals surface area contributed by atoms with Gasteiger partial charge in [0.05, 0.1) is 11.9 Å². The van der Waals surface area contributed by atoms with Crippen LogP contribution in [0.4, 0.5) is 5.69 Å². The predicted octanol–water partition coefficient (Wildman–Crippen LogP) is -0.00758. The molecule has 0 spiro atoms. The molecule has 1 saturated heterocycles. The molecule has 130 valence electrons. The van der Waals surface area contributed by atoms with Gasteiger partial charge in [-0.1, -0.05) is 22.9 Å². The van der Waals surface area contributed by atoms with Crippen molar-refractivity contribution in [1.82, 2.24) is 19.5 Å². The Labute approximate surface area is 145 Å². The molecule has 2 aromatic rings. The number of sulfonamides is 1. The first kappa shape index (κ1) is 17.1. The summed E-state index contributed by atoms with van der Waals surface area (Å²) in [4.78, 5) is 26.8. The van der Waals surface area contributed by atoms with Crippen molar-refractivity contribution in [1.29, 1.82) is 0 Å². The Balaban J connectivity index is 1.80. The molecular weight excluding hydrogens is 378 g/mol. The van der Waals surface area contributed by atoms with E-state index in [1.807, 2.05) is 4.90 Å². The summed E-state index contributed by atoms with van der Waals surface area (Å²) in [6.07, 6.45) is 1.44. The van der Waals surface area contributed by atoms with Gasteiger partial charge in [-0.15, -0.1) is 0 Å². The molecular formula is C12H14ClN5O4S2. The average molecular weight is 392 g/mol. The summed E-state index contributed by atoms with van der Waals surface area (Å²) < 4.78 is 26.7. The van der Waals surface area contributed by atoms with Crippen LogP contribution in [0.2, 0.25) is 5.02 Å². The molecule has 2 aromatic heterocycles. The van der Waals surface area contributed by atoms with Gasteiger partial charge < -0.3 is 9.88 Å². The van der Waals surface area contributed by atoms with E-state index in [1.165, 1.54) is 10.5 Å². The minimum Gasteiger partial charge on any atom is -0.366 e. The topological polar surface area (TPSA) is 119 Å². The number of H-pyrrole nitrogens is 2. The molecule has 9 nitrogen and oxygen atoms in total. The summed E-state index contributed by atoms with van der Waals surface area (Å²) >= 11 is 6.66. The van der Waals surface area contributed by atoms with Crippen molar-refractivity contribution in [2.75, 3.05) is 31.1 Å². The van der Waals surface area contributed by atoms with Gasteiger partial charge >= 0.3 is 4.87 Å². The van der Waals surface area contributed by atoms with Gasteiger partial charge in [0.2, 0.25) is 0 Å². The number of aromatic nitrogens is 3. The number of halogens is 1. The van der Waals surface area contributed by atoms with E-state index in [-0.39, 0.29) is 22.3 Å². The van der Waals surface area contributed by atoms with Crippen molar-refractivity contribution in [3.05, 3.63) is 36.9 Å². The van der Waals surface area contributed by atoms with Crippen molar-refractivity contribution in [3.8, 4) is 0 Å². The van der Waals surface area contributed by atoms with E-state index in [0.717, 1.165) is 0 Å². The number of thiazole rings is 1. The van der Waals surface area contributed by atoms with E-state index in [4.69, 9.17) is 11.6 Å². The second-order valence-corrected chi connectivity index (χ2v) is 8.71. The highest BCUT2D eigenvalue weighted by Gasteiger charge is 2.32. The van der Waals surface area contributed by atoms with Gasteiger partial charge in [0.1, 0.15) is 5.02 Å². The maximum atomic E-state index is 12.7. The molecule has 0 unspecified atom stereocenters. The second kappa shape index (κ2) is 6.31. The maximum absolute atomic E-state index is 12.7. The second-order valence-electron chi connectivity index (χ2n) is 5.22. The third-order valence-corrected chi connectivity index (χ3v) is 7.56. The minimum absolute atomic E-state index is 0.0287. The van der Waals surface area contributed by atoms with Gasteiger partial charge in [0.25, 0.3) is 15.6 Å². The summed E-state index contributed by atoms with van der Waals surface area (Å²) in [5, 5.41) is 5.99. The third-order valence-electron chi connectivity index (χ3n) is 3.71. The number of aromatic amines is 2. The normalized spacial score (nSPS) is 16.5. The van der Waals surface area contributed by atoms with Crippen LogP contribution in [0.15, 0.2) is 20.0 Å². The van der Waals surface area contributed by atoms with E-state index in [2.05, 4.69) is 15.2 Å². The largest absolute Gasteiger partial charge is 0.366 e. The van der Waals surface area contributed by atoms with Crippen LogP contribution >= 0.6 is 22.9 Å². The summed E-state index contributed by atoms with van der Waals surface area (Å²) in [7, 11) is -3.72. The predicted molar refractivity (Wildman–Crippen MR) is 90.5 cm³/mol. The maximum Gasteiger partial charge on any atom is 0.305 e. The average Bonchev–Trinajstić information content (AvgIpc) is 2.89. The number of hydrogen-bond donors (Lipinski definition) is 2. The van der Waals surface area contributed by atoms with Crippen LogP contribution in [0.3, 0.4) is 0 Å². The number of anilines is 1. The van der Waals surface area contributed by atoms with Gasteiger partial charge in [-0.3, -0.25) is 9.59 Å². The number of piperazine rings is 1. The third kappa shape index (κ3) is 2.99. The highest BCUT2D eigenvalue weighted by Crippen LogP contribution is 2.25. The molecule has 1 aliphatic rings. The molecule has 12 heteroatoms. The Hall–Kier alpha value is -1.69. The fourth-order valence-corrected chi connectivity index (χ4v) is 5.59. The van der Waals surface area contributed by atoms with Gasteiger partial charge in [0, 0.05) is 31.9 Å². The Morgan fingerprint density at radius 3 is 2.50 bits per heavy atom.